The van der Waals surface area contributed by atoms with Crippen LogP contribution >= 0.6 is 0 Å². The number of pyridine rings is 1. The van der Waals surface area contributed by atoms with Crippen LogP contribution in [0, 0.1) is 6.92 Å². The molecule has 144 valence electrons. The van der Waals surface area contributed by atoms with Crippen LogP contribution in [0.1, 0.15) is 80.5 Å². The highest BCUT2D eigenvalue weighted by atomic mass is 16.5. The first-order valence-corrected chi connectivity index (χ1v) is 10.3. The molecule has 2 aliphatic rings. The van der Waals surface area contributed by atoms with Crippen LogP contribution in [0.5, 0.6) is 0 Å². The van der Waals surface area contributed by atoms with E-state index in [4.69, 9.17) is 4.52 Å². The first-order chi connectivity index (χ1) is 13.2. The highest BCUT2D eigenvalue weighted by molar-refractivity contribution is 5.90. The van der Waals surface area contributed by atoms with Crippen molar-refractivity contribution in [1.29, 1.82) is 0 Å². The van der Waals surface area contributed by atoms with Gasteiger partial charge in [-0.15, -0.1) is 0 Å². The van der Waals surface area contributed by atoms with E-state index in [0.717, 1.165) is 36.8 Å². The van der Waals surface area contributed by atoms with Gasteiger partial charge in [-0.2, -0.15) is 4.98 Å². The van der Waals surface area contributed by atoms with E-state index in [9.17, 15) is 4.79 Å². The molecule has 0 spiro atoms. The number of hydrogen-bond acceptors (Lipinski definition) is 5. The minimum absolute atomic E-state index is 0.0840. The van der Waals surface area contributed by atoms with Crippen molar-refractivity contribution in [2.24, 2.45) is 0 Å². The molecule has 2 aromatic rings. The highest BCUT2D eigenvalue weighted by Crippen LogP contribution is 2.31. The van der Waals surface area contributed by atoms with Crippen LogP contribution in [-0.2, 0) is 0 Å². The summed E-state index contributed by atoms with van der Waals surface area (Å²) in [7, 11) is 0. The van der Waals surface area contributed by atoms with Gasteiger partial charge in [0.25, 0.3) is 0 Å². The van der Waals surface area contributed by atoms with Crippen molar-refractivity contribution in [3.05, 3.63) is 29.9 Å². The molecule has 2 saturated carbocycles. The molecule has 0 N–H and O–H groups in total. The van der Waals surface area contributed by atoms with Crippen LogP contribution in [0.15, 0.2) is 23.0 Å². The second-order valence-corrected chi connectivity index (χ2v) is 7.91. The maximum atomic E-state index is 13.4. The van der Waals surface area contributed by atoms with Gasteiger partial charge in [0.05, 0.1) is 0 Å². The Balaban J connectivity index is 1.60. The van der Waals surface area contributed by atoms with E-state index in [1.807, 2.05) is 13.0 Å². The summed E-state index contributed by atoms with van der Waals surface area (Å²) in [5.74, 6) is 0.502. The molecule has 0 atom stereocenters. The van der Waals surface area contributed by atoms with Crippen LogP contribution in [0.4, 0.5) is 0 Å². The van der Waals surface area contributed by atoms with E-state index in [0.29, 0.717) is 17.9 Å². The standard InChI is InChI=1S/C21H28N4O2/c1-15-14-22-13-12-18(15)19-23-20(27-24-19)21(26)25(16-8-4-2-5-9-16)17-10-6-3-7-11-17/h12-14,16-17H,2-11H2,1H3. The van der Waals surface area contributed by atoms with E-state index in [2.05, 4.69) is 20.0 Å². The second kappa shape index (κ2) is 8.19. The van der Waals surface area contributed by atoms with Gasteiger partial charge in [-0.25, -0.2) is 0 Å². The predicted molar refractivity (Wildman–Crippen MR) is 102 cm³/mol. The van der Waals surface area contributed by atoms with Crippen molar-refractivity contribution >= 4 is 5.91 Å². The Morgan fingerprint density at radius 1 is 1.04 bits per heavy atom. The third-order valence-corrected chi connectivity index (χ3v) is 6.04. The Bertz CT molecular complexity index is 758. The van der Waals surface area contributed by atoms with Gasteiger partial charge in [0.1, 0.15) is 0 Å². The summed E-state index contributed by atoms with van der Waals surface area (Å²) in [5, 5.41) is 4.08. The number of nitrogens with zero attached hydrogens (tertiary/aromatic N) is 4. The second-order valence-electron chi connectivity index (χ2n) is 7.91. The van der Waals surface area contributed by atoms with Crippen molar-refractivity contribution in [2.75, 3.05) is 0 Å². The molecular weight excluding hydrogens is 340 g/mol. The van der Waals surface area contributed by atoms with Gasteiger partial charge in [0.2, 0.25) is 5.82 Å². The number of hydrogen-bond donors (Lipinski definition) is 0. The van der Waals surface area contributed by atoms with Crippen LogP contribution in [0.25, 0.3) is 11.4 Å². The highest BCUT2D eigenvalue weighted by Gasteiger charge is 2.35. The summed E-state index contributed by atoms with van der Waals surface area (Å²) in [6.45, 7) is 1.95. The molecule has 0 aliphatic heterocycles. The Morgan fingerprint density at radius 3 is 2.26 bits per heavy atom. The maximum Gasteiger partial charge on any atom is 0.316 e. The Morgan fingerprint density at radius 2 is 1.67 bits per heavy atom. The van der Waals surface area contributed by atoms with Gasteiger partial charge in [0.15, 0.2) is 0 Å². The lowest BCUT2D eigenvalue weighted by atomic mass is 9.88. The molecule has 6 heteroatoms. The SMILES string of the molecule is Cc1cnccc1-c1noc(C(=O)N(C2CCCCC2)C2CCCCC2)n1. The summed E-state index contributed by atoms with van der Waals surface area (Å²) >= 11 is 0. The molecule has 2 aliphatic carbocycles. The molecular formula is C21H28N4O2. The Labute approximate surface area is 160 Å². The lowest BCUT2D eigenvalue weighted by molar-refractivity contribution is 0.0401. The first kappa shape index (κ1) is 18.1. The van der Waals surface area contributed by atoms with Gasteiger partial charge >= 0.3 is 11.8 Å². The minimum Gasteiger partial charge on any atom is -0.328 e. The van der Waals surface area contributed by atoms with Crippen LogP contribution in [0.2, 0.25) is 0 Å². The number of amides is 1. The predicted octanol–water partition coefficient (Wildman–Crippen LogP) is 4.55. The number of rotatable bonds is 4. The first-order valence-electron chi connectivity index (χ1n) is 10.3. The molecule has 2 heterocycles. The van der Waals surface area contributed by atoms with Gasteiger partial charge < -0.3 is 9.42 Å². The average molecular weight is 368 g/mol. The third kappa shape index (κ3) is 3.89. The molecule has 2 fully saturated rings. The summed E-state index contributed by atoms with van der Waals surface area (Å²) in [6.07, 6.45) is 15.2. The minimum atomic E-state index is -0.0840. The fourth-order valence-corrected chi connectivity index (χ4v) is 4.60. The molecule has 0 aromatic carbocycles. The van der Waals surface area contributed by atoms with E-state index >= 15 is 0 Å². The summed E-state index contributed by atoms with van der Waals surface area (Å²) in [6, 6.07) is 2.48. The van der Waals surface area contributed by atoms with E-state index in [1.54, 1.807) is 12.4 Å². The number of aromatic nitrogens is 3. The normalized spacial score (nSPS) is 19.1. The van der Waals surface area contributed by atoms with E-state index < -0.39 is 0 Å². The smallest absolute Gasteiger partial charge is 0.316 e. The summed E-state index contributed by atoms with van der Waals surface area (Å²) in [5.41, 5.74) is 1.82. The zero-order chi connectivity index (χ0) is 18.6. The molecule has 1 amide bonds. The van der Waals surface area contributed by atoms with Gasteiger partial charge in [0, 0.05) is 30.0 Å². The number of aryl methyl sites for hydroxylation is 1. The average Bonchev–Trinajstić information content (AvgIpc) is 3.20. The topological polar surface area (TPSA) is 72.1 Å². The molecule has 0 unspecified atom stereocenters. The molecule has 4 rings (SSSR count). The van der Waals surface area contributed by atoms with Crippen molar-refractivity contribution in [3.8, 4) is 11.4 Å². The molecule has 0 bridgehead atoms. The summed E-state index contributed by atoms with van der Waals surface area (Å²) in [4.78, 5) is 24.1. The fraction of sp³-hybridized carbons (Fsp3) is 0.619. The van der Waals surface area contributed by atoms with Crippen molar-refractivity contribution in [2.45, 2.75) is 83.2 Å². The molecule has 2 aromatic heterocycles. The van der Waals surface area contributed by atoms with Crippen molar-refractivity contribution in [3.63, 3.8) is 0 Å². The lowest BCUT2D eigenvalue weighted by Crippen LogP contribution is -2.48. The Hall–Kier alpha value is -2.24. The van der Waals surface area contributed by atoms with Crippen molar-refractivity contribution < 1.29 is 9.32 Å². The van der Waals surface area contributed by atoms with E-state index in [1.165, 1.54) is 38.5 Å². The van der Waals surface area contributed by atoms with Crippen LogP contribution in [0.3, 0.4) is 0 Å². The van der Waals surface area contributed by atoms with E-state index in [-0.39, 0.29) is 11.8 Å². The molecule has 27 heavy (non-hydrogen) atoms. The molecule has 0 saturated heterocycles. The number of carbonyl (C=O) groups is 1. The monoisotopic (exact) mass is 368 g/mol. The van der Waals surface area contributed by atoms with Gasteiger partial charge in [-0.1, -0.05) is 43.7 Å². The van der Waals surface area contributed by atoms with Crippen molar-refractivity contribution in [1.82, 2.24) is 20.0 Å². The number of carbonyl (C=O) groups excluding carboxylic acids is 1. The van der Waals surface area contributed by atoms with Gasteiger partial charge in [-0.05, 0) is 44.2 Å². The molecule has 6 nitrogen and oxygen atoms in total. The lowest BCUT2D eigenvalue weighted by Gasteiger charge is -2.41. The van der Waals surface area contributed by atoms with Crippen LogP contribution < -0.4 is 0 Å². The zero-order valence-corrected chi connectivity index (χ0v) is 16.1. The largest absolute Gasteiger partial charge is 0.328 e. The summed E-state index contributed by atoms with van der Waals surface area (Å²) < 4.78 is 5.43. The quantitative estimate of drug-likeness (QED) is 0.792. The Kier molecular flexibility index (Phi) is 5.50. The van der Waals surface area contributed by atoms with Gasteiger partial charge in [-0.3, -0.25) is 9.78 Å². The van der Waals surface area contributed by atoms with Crippen LogP contribution in [-0.4, -0.2) is 38.0 Å². The molecule has 0 radical (unpaired) electrons. The zero-order valence-electron chi connectivity index (χ0n) is 16.1. The third-order valence-electron chi connectivity index (χ3n) is 6.04. The maximum absolute atomic E-state index is 13.4. The fourth-order valence-electron chi connectivity index (χ4n) is 4.60.